The van der Waals surface area contributed by atoms with E-state index in [0.29, 0.717) is 42.2 Å². The molecule has 2 N–H and O–H groups in total. The zero-order chi connectivity index (χ0) is 26.4. The number of rotatable bonds is 9. The van der Waals surface area contributed by atoms with Crippen molar-refractivity contribution in [2.45, 2.75) is 32.2 Å². The molecule has 2 aromatic rings. The van der Waals surface area contributed by atoms with Gasteiger partial charge in [-0.15, -0.1) is 0 Å². The Morgan fingerprint density at radius 2 is 1.81 bits per heavy atom. The van der Waals surface area contributed by atoms with E-state index < -0.39 is 0 Å². The summed E-state index contributed by atoms with van der Waals surface area (Å²) >= 11 is 0. The number of nitrogens with one attached hydrogen (secondary N) is 2. The van der Waals surface area contributed by atoms with Crippen LogP contribution in [0.5, 0.6) is 17.2 Å². The van der Waals surface area contributed by atoms with E-state index in [4.69, 9.17) is 18.9 Å². The minimum Gasteiger partial charge on any atom is -0.493 e. The van der Waals surface area contributed by atoms with E-state index in [1.165, 1.54) is 6.92 Å². The van der Waals surface area contributed by atoms with Crippen LogP contribution in [0.2, 0.25) is 0 Å². The van der Waals surface area contributed by atoms with E-state index in [1.54, 1.807) is 21.3 Å². The Bertz CT molecular complexity index is 1130. The highest BCUT2D eigenvalue weighted by Crippen LogP contribution is 2.50. The zero-order valence-corrected chi connectivity index (χ0v) is 22.1. The monoisotopic (exact) mass is 511 g/mol. The molecule has 2 amide bonds. The van der Waals surface area contributed by atoms with Crippen molar-refractivity contribution in [3.05, 3.63) is 41.0 Å². The van der Waals surface area contributed by atoms with Crippen LogP contribution in [0.3, 0.4) is 0 Å². The average molecular weight is 512 g/mol. The summed E-state index contributed by atoms with van der Waals surface area (Å²) in [5.41, 5.74) is 4.25. The van der Waals surface area contributed by atoms with Crippen molar-refractivity contribution in [1.29, 1.82) is 0 Å². The lowest BCUT2D eigenvalue weighted by Crippen LogP contribution is -2.38. The molecule has 2 aliphatic rings. The maximum Gasteiger partial charge on any atom is 0.251 e. The second-order valence-electron chi connectivity index (χ2n) is 9.34. The van der Waals surface area contributed by atoms with Crippen molar-refractivity contribution in [3.63, 3.8) is 0 Å². The molecule has 0 aromatic heterocycles. The molecule has 9 nitrogen and oxygen atoms in total. The normalized spacial score (nSPS) is 17.1. The Balaban J connectivity index is 1.63. The lowest BCUT2D eigenvalue weighted by molar-refractivity contribution is -0.119. The minimum atomic E-state index is -0.254. The van der Waals surface area contributed by atoms with Crippen LogP contribution >= 0.6 is 0 Å². The number of hydrogen-bond donors (Lipinski definition) is 2. The van der Waals surface area contributed by atoms with E-state index in [0.717, 1.165) is 61.5 Å². The van der Waals surface area contributed by atoms with Crippen molar-refractivity contribution in [2.24, 2.45) is 0 Å². The van der Waals surface area contributed by atoms with Gasteiger partial charge in [0.1, 0.15) is 0 Å². The molecule has 200 valence electrons. The molecular weight excluding hydrogens is 474 g/mol. The topological polar surface area (TPSA) is 98.4 Å². The SMILES string of the molecule is COc1cc2c(c(OC)c1OC)-c1ccc(C(=O)NCCCN3CCOCC3)cc1[C@@H](NC(C)=O)CC2. The predicted octanol–water partition coefficient (Wildman–Crippen LogP) is 2.95. The van der Waals surface area contributed by atoms with Crippen LogP contribution in [-0.2, 0) is 16.0 Å². The maximum absolute atomic E-state index is 13.1. The summed E-state index contributed by atoms with van der Waals surface area (Å²) in [6.45, 7) is 6.44. The van der Waals surface area contributed by atoms with Gasteiger partial charge >= 0.3 is 0 Å². The van der Waals surface area contributed by atoms with Gasteiger partial charge in [0.05, 0.1) is 40.6 Å². The van der Waals surface area contributed by atoms with Gasteiger partial charge in [-0.3, -0.25) is 14.5 Å². The van der Waals surface area contributed by atoms with Crippen LogP contribution in [0.25, 0.3) is 11.1 Å². The van der Waals surface area contributed by atoms with Crippen molar-refractivity contribution < 1.29 is 28.5 Å². The Labute approximate surface area is 218 Å². The number of amides is 2. The van der Waals surface area contributed by atoms with E-state index >= 15 is 0 Å². The molecule has 1 heterocycles. The highest BCUT2D eigenvalue weighted by atomic mass is 16.5. The average Bonchev–Trinajstić information content (AvgIpc) is 3.06. The summed E-state index contributed by atoms with van der Waals surface area (Å²) in [6.07, 6.45) is 2.23. The second kappa shape index (κ2) is 12.3. The molecule has 0 spiro atoms. The number of ether oxygens (including phenoxy) is 4. The molecule has 9 heteroatoms. The van der Waals surface area contributed by atoms with Crippen LogP contribution in [0.15, 0.2) is 24.3 Å². The fourth-order valence-corrected chi connectivity index (χ4v) is 5.20. The molecule has 4 rings (SSSR count). The van der Waals surface area contributed by atoms with Gasteiger partial charge in [-0.2, -0.15) is 0 Å². The maximum atomic E-state index is 13.1. The van der Waals surface area contributed by atoms with Crippen LogP contribution in [0.4, 0.5) is 0 Å². The highest BCUT2D eigenvalue weighted by Gasteiger charge is 2.30. The summed E-state index contributed by atoms with van der Waals surface area (Å²) in [5, 5.41) is 6.12. The summed E-state index contributed by atoms with van der Waals surface area (Å²) in [5.74, 6) is 1.42. The molecule has 0 bridgehead atoms. The number of morpholine rings is 1. The van der Waals surface area contributed by atoms with E-state index in [9.17, 15) is 9.59 Å². The Kier molecular flexibility index (Phi) is 8.89. The number of aryl methyl sites for hydroxylation is 1. The predicted molar refractivity (Wildman–Crippen MR) is 141 cm³/mol. The lowest BCUT2D eigenvalue weighted by Gasteiger charge is -2.26. The summed E-state index contributed by atoms with van der Waals surface area (Å²) in [6, 6.07) is 7.36. The first-order valence-corrected chi connectivity index (χ1v) is 12.8. The zero-order valence-electron chi connectivity index (χ0n) is 22.1. The Morgan fingerprint density at radius 3 is 2.49 bits per heavy atom. The molecule has 2 aromatic carbocycles. The fraction of sp³-hybridized carbons (Fsp3) is 0.500. The van der Waals surface area contributed by atoms with Gasteiger partial charge in [0.15, 0.2) is 11.5 Å². The molecule has 1 fully saturated rings. The standard InChI is InChI=1S/C28H37N3O6/c1-18(32)30-23-9-7-19-17-24(34-2)26(35-3)27(36-4)25(19)21-8-6-20(16-22(21)23)28(33)29-10-5-11-31-12-14-37-15-13-31/h6,8,16-17,23H,5,7,9-15H2,1-4H3,(H,29,33)(H,30,32)/t23-/m0/s1. The molecule has 1 aliphatic heterocycles. The smallest absolute Gasteiger partial charge is 0.251 e. The fourth-order valence-electron chi connectivity index (χ4n) is 5.20. The summed E-state index contributed by atoms with van der Waals surface area (Å²) < 4.78 is 22.4. The van der Waals surface area contributed by atoms with E-state index in [1.807, 2.05) is 24.3 Å². The number of fused-ring (bicyclic) bond motifs is 3. The first-order chi connectivity index (χ1) is 18.0. The third-order valence-electron chi connectivity index (χ3n) is 6.99. The first-order valence-electron chi connectivity index (χ1n) is 12.8. The number of carbonyl (C=O) groups is 2. The van der Waals surface area contributed by atoms with Crippen molar-refractivity contribution in [1.82, 2.24) is 15.5 Å². The van der Waals surface area contributed by atoms with Gasteiger partial charge in [-0.1, -0.05) is 6.07 Å². The van der Waals surface area contributed by atoms with Crippen molar-refractivity contribution >= 4 is 11.8 Å². The van der Waals surface area contributed by atoms with Gasteiger partial charge < -0.3 is 29.6 Å². The largest absolute Gasteiger partial charge is 0.493 e. The Morgan fingerprint density at radius 1 is 1.05 bits per heavy atom. The van der Waals surface area contributed by atoms with Gasteiger partial charge in [-0.05, 0) is 60.7 Å². The van der Waals surface area contributed by atoms with E-state index in [2.05, 4.69) is 15.5 Å². The molecular formula is C28H37N3O6. The van der Waals surface area contributed by atoms with Gasteiger partial charge in [0, 0.05) is 37.7 Å². The number of benzene rings is 2. The lowest BCUT2D eigenvalue weighted by atomic mass is 9.92. The van der Waals surface area contributed by atoms with Crippen LogP contribution in [-0.4, -0.2) is 77.4 Å². The summed E-state index contributed by atoms with van der Waals surface area (Å²) in [4.78, 5) is 27.5. The number of hydrogen-bond acceptors (Lipinski definition) is 7. The second-order valence-corrected chi connectivity index (χ2v) is 9.34. The molecule has 37 heavy (non-hydrogen) atoms. The van der Waals surface area contributed by atoms with Crippen LogP contribution < -0.4 is 24.8 Å². The molecule has 0 unspecified atom stereocenters. The molecule has 0 saturated carbocycles. The van der Waals surface area contributed by atoms with Crippen LogP contribution in [0.1, 0.15) is 47.3 Å². The van der Waals surface area contributed by atoms with Crippen molar-refractivity contribution in [2.75, 3.05) is 60.7 Å². The minimum absolute atomic E-state index is 0.123. The van der Waals surface area contributed by atoms with Crippen molar-refractivity contribution in [3.8, 4) is 28.4 Å². The van der Waals surface area contributed by atoms with E-state index in [-0.39, 0.29) is 17.9 Å². The third-order valence-corrected chi connectivity index (χ3v) is 6.99. The quantitative estimate of drug-likeness (QED) is 0.500. The number of nitrogens with zero attached hydrogens (tertiary/aromatic N) is 1. The Hall–Kier alpha value is -3.30. The third kappa shape index (κ3) is 5.99. The van der Waals surface area contributed by atoms with Crippen LogP contribution in [0, 0.1) is 0 Å². The summed E-state index contributed by atoms with van der Waals surface area (Å²) in [7, 11) is 4.78. The number of carbonyl (C=O) groups excluding carboxylic acids is 2. The molecule has 1 saturated heterocycles. The van der Waals surface area contributed by atoms with Gasteiger partial charge in [-0.25, -0.2) is 0 Å². The molecule has 1 aliphatic carbocycles. The first kappa shape index (κ1) is 26.8. The van der Waals surface area contributed by atoms with Gasteiger partial charge in [0.2, 0.25) is 11.7 Å². The molecule has 1 atom stereocenters. The molecule has 0 radical (unpaired) electrons. The van der Waals surface area contributed by atoms with Gasteiger partial charge in [0.25, 0.3) is 5.91 Å². The number of methoxy groups -OCH3 is 3. The highest BCUT2D eigenvalue weighted by molar-refractivity contribution is 5.96.